The molecule has 30 heavy (non-hydrogen) atoms. The van der Waals surface area contributed by atoms with E-state index in [-0.39, 0.29) is 26.0 Å². The first-order chi connectivity index (χ1) is 14.3. The number of aliphatic hydroxyl groups excluding tert-OH is 1. The molecule has 2 atom stereocenters. The number of hydrogen-bond acceptors (Lipinski definition) is 5. The number of hydrogen-bond donors (Lipinski definition) is 4. The second-order valence-electron chi connectivity index (χ2n) is 6.59. The van der Waals surface area contributed by atoms with E-state index in [1.54, 1.807) is 36.4 Å². The maximum atomic E-state index is 12.1. The molecule has 0 unspecified atom stereocenters. The van der Waals surface area contributed by atoms with Crippen molar-refractivity contribution in [3.63, 3.8) is 0 Å². The highest BCUT2D eigenvalue weighted by Crippen LogP contribution is 2.11. The molecule has 0 spiro atoms. The monoisotopic (exact) mass is 434 g/mol. The van der Waals surface area contributed by atoms with E-state index in [4.69, 9.17) is 16.3 Å². The first-order valence-electron chi connectivity index (χ1n) is 9.22. The molecule has 0 saturated carbocycles. The molecule has 0 radical (unpaired) electrons. The highest BCUT2D eigenvalue weighted by Gasteiger charge is 2.22. The van der Waals surface area contributed by atoms with Gasteiger partial charge in [-0.05, 0) is 23.3 Å². The van der Waals surface area contributed by atoms with Gasteiger partial charge >= 0.3 is 12.1 Å². The molecular weight excluding hydrogens is 412 g/mol. The molecule has 0 aliphatic carbocycles. The summed E-state index contributed by atoms with van der Waals surface area (Å²) < 4.78 is 5.01. The summed E-state index contributed by atoms with van der Waals surface area (Å²) in [5, 5.41) is 24.5. The number of halogens is 1. The summed E-state index contributed by atoms with van der Waals surface area (Å²) in [7, 11) is 0. The van der Waals surface area contributed by atoms with Crippen molar-refractivity contribution in [3.8, 4) is 0 Å². The van der Waals surface area contributed by atoms with E-state index >= 15 is 0 Å². The van der Waals surface area contributed by atoms with E-state index < -0.39 is 30.1 Å². The van der Waals surface area contributed by atoms with Crippen molar-refractivity contribution >= 4 is 29.6 Å². The van der Waals surface area contributed by atoms with Gasteiger partial charge < -0.3 is 25.6 Å². The lowest BCUT2D eigenvalue weighted by molar-refractivity contribution is -0.142. The third kappa shape index (κ3) is 8.50. The minimum Gasteiger partial charge on any atom is -0.480 e. The SMILES string of the molecule is O=C(C[C@@H](O)CNC(=O)OCc1ccccc1)N[C@H](Cc1ccc(Cl)cc1)C(=O)O. The normalized spacial score (nSPS) is 12.5. The Morgan fingerprint density at radius 3 is 2.30 bits per heavy atom. The molecule has 0 saturated heterocycles. The quantitative estimate of drug-likeness (QED) is 0.454. The Hall–Kier alpha value is -3.10. The summed E-state index contributed by atoms with van der Waals surface area (Å²) in [5.41, 5.74) is 1.50. The number of rotatable bonds is 10. The average molecular weight is 435 g/mol. The van der Waals surface area contributed by atoms with Gasteiger partial charge in [0, 0.05) is 18.0 Å². The molecule has 0 aromatic heterocycles. The molecule has 0 heterocycles. The summed E-state index contributed by atoms with van der Waals surface area (Å²) in [6.45, 7) is -0.135. The molecule has 4 N–H and O–H groups in total. The van der Waals surface area contributed by atoms with Gasteiger partial charge in [0.15, 0.2) is 0 Å². The maximum absolute atomic E-state index is 12.1. The van der Waals surface area contributed by atoms with Crippen LogP contribution in [0.15, 0.2) is 54.6 Å². The van der Waals surface area contributed by atoms with E-state index in [1.807, 2.05) is 18.2 Å². The molecular formula is C21H23ClN2O6. The molecule has 2 aromatic rings. The van der Waals surface area contributed by atoms with Crippen LogP contribution in [0.5, 0.6) is 0 Å². The van der Waals surface area contributed by atoms with Gasteiger partial charge in [-0.25, -0.2) is 9.59 Å². The molecule has 2 rings (SSSR count). The van der Waals surface area contributed by atoms with Crippen LogP contribution in [0.2, 0.25) is 5.02 Å². The highest BCUT2D eigenvalue weighted by molar-refractivity contribution is 6.30. The predicted octanol–water partition coefficient (Wildman–Crippen LogP) is 2.13. The number of benzene rings is 2. The van der Waals surface area contributed by atoms with E-state index in [1.165, 1.54) is 0 Å². The second-order valence-corrected chi connectivity index (χ2v) is 7.03. The van der Waals surface area contributed by atoms with Gasteiger partial charge in [-0.15, -0.1) is 0 Å². The third-order valence-corrected chi connectivity index (χ3v) is 4.35. The average Bonchev–Trinajstić information content (AvgIpc) is 2.72. The van der Waals surface area contributed by atoms with Crippen LogP contribution in [-0.4, -0.2) is 46.9 Å². The standard InChI is InChI=1S/C21H23ClN2O6/c22-16-8-6-14(7-9-16)10-18(20(27)28)24-19(26)11-17(25)12-23-21(29)30-13-15-4-2-1-3-5-15/h1-9,17-18,25H,10-13H2,(H,23,29)(H,24,26)(H,27,28)/t17-,18-/m1/s1. The molecule has 8 nitrogen and oxygen atoms in total. The Balaban J connectivity index is 1.73. The zero-order valence-electron chi connectivity index (χ0n) is 16.1. The topological polar surface area (TPSA) is 125 Å². The van der Waals surface area contributed by atoms with Crippen molar-refractivity contribution in [2.45, 2.75) is 31.6 Å². The highest BCUT2D eigenvalue weighted by atomic mass is 35.5. The third-order valence-electron chi connectivity index (χ3n) is 4.10. The Morgan fingerprint density at radius 2 is 1.67 bits per heavy atom. The number of carboxylic acids is 1. The van der Waals surface area contributed by atoms with Crippen LogP contribution in [0.4, 0.5) is 4.79 Å². The van der Waals surface area contributed by atoms with Gasteiger partial charge in [-0.3, -0.25) is 4.79 Å². The van der Waals surface area contributed by atoms with Gasteiger partial charge in [-0.1, -0.05) is 54.1 Å². The molecule has 9 heteroatoms. The molecule has 0 aliphatic rings. The van der Waals surface area contributed by atoms with Crippen molar-refractivity contribution in [2.75, 3.05) is 6.54 Å². The number of alkyl carbamates (subject to hydrolysis) is 1. The number of carbonyl (C=O) groups is 3. The lowest BCUT2D eigenvalue weighted by Gasteiger charge is -2.17. The van der Waals surface area contributed by atoms with Crippen molar-refractivity contribution in [1.82, 2.24) is 10.6 Å². The van der Waals surface area contributed by atoms with Crippen LogP contribution in [0, 0.1) is 0 Å². The number of ether oxygens (including phenoxy) is 1. The van der Waals surface area contributed by atoms with Crippen LogP contribution in [-0.2, 0) is 27.4 Å². The Labute approximate surface area is 178 Å². The van der Waals surface area contributed by atoms with Crippen LogP contribution >= 0.6 is 11.6 Å². The predicted molar refractivity (Wildman–Crippen MR) is 110 cm³/mol. The van der Waals surface area contributed by atoms with Gasteiger partial charge in [0.05, 0.1) is 12.5 Å². The first-order valence-corrected chi connectivity index (χ1v) is 9.60. The maximum Gasteiger partial charge on any atom is 0.407 e. The molecule has 160 valence electrons. The second kappa shape index (κ2) is 11.8. The van der Waals surface area contributed by atoms with Crippen LogP contribution in [0.25, 0.3) is 0 Å². The van der Waals surface area contributed by atoms with Gasteiger partial charge in [0.25, 0.3) is 0 Å². The fraction of sp³-hybridized carbons (Fsp3) is 0.286. The molecule has 0 fully saturated rings. The van der Waals surface area contributed by atoms with Gasteiger partial charge in [-0.2, -0.15) is 0 Å². The zero-order chi connectivity index (χ0) is 21.9. The van der Waals surface area contributed by atoms with E-state index in [0.29, 0.717) is 10.6 Å². The minimum atomic E-state index is -1.20. The first kappa shape index (κ1) is 23.2. The summed E-state index contributed by atoms with van der Waals surface area (Å²) in [4.78, 5) is 35.2. The Morgan fingerprint density at radius 1 is 1.00 bits per heavy atom. The smallest absolute Gasteiger partial charge is 0.407 e. The summed E-state index contributed by atoms with van der Waals surface area (Å²) >= 11 is 5.80. The Bertz CT molecular complexity index is 844. The van der Waals surface area contributed by atoms with Crippen LogP contribution in [0.1, 0.15) is 17.5 Å². The van der Waals surface area contributed by atoms with Crippen molar-refractivity contribution in [3.05, 3.63) is 70.7 Å². The number of nitrogens with one attached hydrogen (secondary N) is 2. The zero-order valence-corrected chi connectivity index (χ0v) is 16.8. The van der Waals surface area contributed by atoms with Gasteiger partial charge in [0.1, 0.15) is 12.6 Å². The van der Waals surface area contributed by atoms with Crippen molar-refractivity contribution < 1.29 is 29.3 Å². The van der Waals surface area contributed by atoms with Gasteiger partial charge in [0.2, 0.25) is 5.91 Å². The van der Waals surface area contributed by atoms with Crippen molar-refractivity contribution in [2.24, 2.45) is 0 Å². The number of carboxylic acid groups (broad SMARTS) is 1. The summed E-state index contributed by atoms with van der Waals surface area (Å²) in [6.07, 6.45) is -2.23. The van der Waals surface area contributed by atoms with E-state index in [0.717, 1.165) is 5.56 Å². The van der Waals surface area contributed by atoms with E-state index in [9.17, 15) is 24.6 Å². The van der Waals surface area contributed by atoms with Crippen LogP contribution < -0.4 is 10.6 Å². The summed E-state index contributed by atoms with van der Waals surface area (Å²) in [6, 6.07) is 14.5. The molecule has 0 bridgehead atoms. The van der Waals surface area contributed by atoms with Crippen LogP contribution in [0.3, 0.4) is 0 Å². The Kier molecular flexibility index (Phi) is 9.11. The summed E-state index contributed by atoms with van der Waals surface area (Å²) in [5.74, 6) is -1.85. The number of carbonyl (C=O) groups excluding carboxylic acids is 2. The van der Waals surface area contributed by atoms with E-state index in [2.05, 4.69) is 10.6 Å². The largest absolute Gasteiger partial charge is 0.480 e. The number of aliphatic hydroxyl groups is 1. The molecule has 2 amide bonds. The fourth-order valence-electron chi connectivity index (χ4n) is 2.57. The number of amides is 2. The molecule has 0 aliphatic heterocycles. The number of aliphatic carboxylic acids is 1. The lowest BCUT2D eigenvalue weighted by Crippen LogP contribution is -2.44. The van der Waals surface area contributed by atoms with Crippen molar-refractivity contribution in [1.29, 1.82) is 0 Å². The lowest BCUT2D eigenvalue weighted by atomic mass is 10.1. The minimum absolute atomic E-state index is 0.0679. The molecule has 2 aromatic carbocycles. The fourth-order valence-corrected chi connectivity index (χ4v) is 2.70.